The van der Waals surface area contributed by atoms with Crippen molar-refractivity contribution in [3.05, 3.63) is 65.2 Å². The van der Waals surface area contributed by atoms with Crippen LogP contribution in [0.25, 0.3) is 0 Å². The zero-order valence-electron chi connectivity index (χ0n) is 15.0. The fourth-order valence-corrected chi connectivity index (χ4v) is 4.32. The molecule has 6 nitrogen and oxygen atoms in total. The molecule has 1 aliphatic carbocycles. The van der Waals surface area contributed by atoms with E-state index >= 15 is 0 Å². The monoisotopic (exact) mass is 443 g/mol. The van der Waals surface area contributed by atoms with Gasteiger partial charge in [0, 0.05) is 16.3 Å². The van der Waals surface area contributed by atoms with Gasteiger partial charge < -0.3 is 9.05 Å². The molecule has 150 valence electrons. The van der Waals surface area contributed by atoms with Gasteiger partial charge in [-0.05, 0) is 42.7 Å². The van der Waals surface area contributed by atoms with Crippen LogP contribution in [0.4, 0.5) is 0 Å². The number of hydroxylamine groups is 1. The van der Waals surface area contributed by atoms with Gasteiger partial charge in [0.2, 0.25) is 0 Å². The SMILES string of the molecule is O=C(OP(=O)(Cl)Oc1ccc(Cl)cc1)C1(NOCc2ccccc2)CCCC1. The van der Waals surface area contributed by atoms with E-state index in [1.807, 2.05) is 30.3 Å². The fraction of sp³-hybridized carbons (Fsp3) is 0.316. The fourth-order valence-electron chi connectivity index (χ4n) is 2.98. The van der Waals surface area contributed by atoms with Crippen molar-refractivity contribution in [2.75, 3.05) is 0 Å². The van der Waals surface area contributed by atoms with E-state index in [9.17, 15) is 9.36 Å². The van der Waals surface area contributed by atoms with E-state index in [1.54, 1.807) is 12.1 Å². The van der Waals surface area contributed by atoms with Crippen molar-refractivity contribution in [3.63, 3.8) is 0 Å². The van der Waals surface area contributed by atoms with E-state index in [0.29, 0.717) is 17.9 Å². The number of nitrogens with one attached hydrogen (secondary N) is 1. The molecule has 0 saturated heterocycles. The topological polar surface area (TPSA) is 73.9 Å². The van der Waals surface area contributed by atoms with Crippen LogP contribution >= 0.6 is 29.8 Å². The maximum atomic E-state index is 12.7. The number of benzene rings is 2. The average Bonchev–Trinajstić information content (AvgIpc) is 3.14. The number of carbonyl (C=O) groups excluding carboxylic acids is 1. The summed E-state index contributed by atoms with van der Waals surface area (Å²) in [7, 11) is 0. The number of hydrogen-bond donors (Lipinski definition) is 1. The van der Waals surface area contributed by atoms with Crippen LogP contribution in [0.1, 0.15) is 31.2 Å². The minimum absolute atomic E-state index is 0.185. The molecule has 0 bridgehead atoms. The number of rotatable bonds is 8. The van der Waals surface area contributed by atoms with Gasteiger partial charge in [-0.2, -0.15) is 5.48 Å². The van der Waals surface area contributed by atoms with Gasteiger partial charge in [-0.15, -0.1) is 0 Å². The van der Waals surface area contributed by atoms with E-state index in [1.165, 1.54) is 12.1 Å². The summed E-state index contributed by atoms with van der Waals surface area (Å²) in [6.45, 7) is -3.91. The molecule has 0 radical (unpaired) electrons. The summed E-state index contributed by atoms with van der Waals surface area (Å²) in [6.07, 6.45) is 2.58. The lowest BCUT2D eigenvalue weighted by Gasteiger charge is -2.28. The van der Waals surface area contributed by atoms with E-state index in [0.717, 1.165) is 18.4 Å². The first-order valence-electron chi connectivity index (χ1n) is 8.80. The second-order valence-electron chi connectivity index (χ2n) is 6.52. The summed E-state index contributed by atoms with van der Waals surface area (Å²) in [6, 6.07) is 15.6. The molecule has 0 aromatic heterocycles. The molecule has 1 N–H and O–H groups in total. The third-order valence-electron chi connectivity index (χ3n) is 4.42. The maximum Gasteiger partial charge on any atom is 0.532 e. The normalized spacial score (nSPS) is 17.6. The molecule has 1 atom stereocenters. The summed E-state index contributed by atoms with van der Waals surface area (Å²) in [5, 5.41) is 0.485. The Balaban J connectivity index is 1.61. The molecule has 2 aromatic rings. The molecule has 0 aliphatic heterocycles. The van der Waals surface area contributed by atoms with Crippen molar-refractivity contribution < 1.29 is 23.2 Å². The van der Waals surface area contributed by atoms with Crippen LogP contribution in [0.2, 0.25) is 5.02 Å². The third kappa shape index (κ3) is 5.72. The van der Waals surface area contributed by atoms with E-state index in [4.69, 9.17) is 36.7 Å². The first-order chi connectivity index (χ1) is 13.4. The predicted molar refractivity (Wildman–Crippen MR) is 107 cm³/mol. The van der Waals surface area contributed by atoms with Gasteiger partial charge in [-0.25, -0.2) is 9.36 Å². The van der Waals surface area contributed by atoms with E-state index in [-0.39, 0.29) is 12.4 Å². The van der Waals surface area contributed by atoms with Crippen LogP contribution in [0.3, 0.4) is 0 Å². The Morgan fingerprint density at radius 1 is 1.07 bits per heavy atom. The van der Waals surface area contributed by atoms with Crippen LogP contribution in [0.5, 0.6) is 5.75 Å². The highest BCUT2D eigenvalue weighted by Gasteiger charge is 2.46. The Bertz CT molecular complexity index is 841. The summed E-state index contributed by atoms with van der Waals surface area (Å²) >= 11 is 11.7. The molecule has 1 aliphatic rings. The zero-order chi connectivity index (χ0) is 20.0. The van der Waals surface area contributed by atoms with Crippen LogP contribution in [-0.4, -0.2) is 11.5 Å². The Labute approximate surface area is 173 Å². The average molecular weight is 444 g/mol. The maximum absolute atomic E-state index is 12.7. The number of hydrogen-bond acceptors (Lipinski definition) is 6. The summed E-state index contributed by atoms with van der Waals surface area (Å²) in [5.41, 5.74) is 2.65. The van der Waals surface area contributed by atoms with Crippen molar-refractivity contribution in [2.24, 2.45) is 0 Å². The lowest BCUT2D eigenvalue weighted by molar-refractivity contribution is -0.150. The number of halogens is 2. The minimum Gasteiger partial charge on any atom is -0.405 e. The molecular weight excluding hydrogens is 424 g/mol. The summed E-state index contributed by atoms with van der Waals surface area (Å²) < 4.78 is 22.7. The van der Waals surface area contributed by atoms with Crippen LogP contribution in [-0.2, 0) is 25.3 Å². The molecule has 0 amide bonds. The largest absolute Gasteiger partial charge is 0.532 e. The van der Waals surface area contributed by atoms with Gasteiger partial charge in [0.1, 0.15) is 11.3 Å². The molecule has 1 saturated carbocycles. The lowest BCUT2D eigenvalue weighted by Crippen LogP contribution is -2.50. The van der Waals surface area contributed by atoms with Crippen molar-refractivity contribution in [1.29, 1.82) is 0 Å². The standard InChI is InChI=1S/C19H20Cl2NO5P/c20-16-8-10-17(11-9-16)26-28(21,24)27-18(23)19(12-4-5-13-19)22-25-14-15-6-2-1-3-7-15/h1-3,6-11,22H,4-5,12-14H2. The smallest absolute Gasteiger partial charge is 0.405 e. The second kappa shape index (κ2) is 9.29. The minimum atomic E-state index is -4.19. The van der Waals surface area contributed by atoms with Crippen molar-refractivity contribution >= 4 is 35.8 Å². The number of carbonyl (C=O) groups is 1. The van der Waals surface area contributed by atoms with Gasteiger partial charge in [-0.3, -0.25) is 4.84 Å². The third-order valence-corrected chi connectivity index (χ3v) is 5.90. The molecule has 1 unspecified atom stereocenters. The van der Waals surface area contributed by atoms with Crippen molar-refractivity contribution in [1.82, 2.24) is 5.48 Å². The molecule has 1 fully saturated rings. The first-order valence-corrected chi connectivity index (χ1v) is 11.6. The van der Waals surface area contributed by atoms with Crippen LogP contribution < -0.4 is 10.0 Å². The van der Waals surface area contributed by atoms with Crippen LogP contribution in [0.15, 0.2) is 54.6 Å². The second-order valence-corrected chi connectivity index (χ2v) is 9.43. The Morgan fingerprint density at radius 2 is 1.71 bits per heavy atom. The van der Waals surface area contributed by atoms with Crippen LogP contribution in [0, 0.1) is 0 Å². The first kappa shape index (κ1) is 21.2. The summed E-state index contributed by atoms with van der Waals surface area (Å²) in [4.78, 5) is 18.3. The summed E-state index contributed by atoms with van der Waals surface area (Å²) in [5.74, 6) is -0.574. The van der Waals surface area contributed by atoms with Gasteiger partial charge in [0.05, 0.1) is 6.61 Å². The Hall–Kier alpha value is -1.56. The molecule has 9 heteroatoms. The van der Waals surface area contributed by atoms with E-state index < -0.39 is 18.5 Å². The molecule has 3 rings (SSSR count). The molecule has 2 aromatic carbocycles. The molecule has 0 spiro atoms. The van der Waals surface area contributed by atoms with Gasteiger partial charge in [0.25, 0.3) is 0 Å². The highest BCUT2D eigenvalue weighted by molar-refractivity contribution is 7.82. The molecule has 28 heavy (non-hydrogen) atoms. The van der Waals surface area contributed by atoms with Crippen molar-refractivity contribution in [3.8, 4) is 5.75 Å². The van der Waals surface area contributed by atoms with Gasteiger partial charge in [-0.1, -0.05) is 54.8 Å². The predicted octanol–water partition coefficient (Wildman–Crippen LogP) is 5.64. The van der Waals surface area contributed by atoms with Gasteiger partial charge in [0.15, 0.2) is 0 Å². The Kier molecular flexibility index (Phi) is 7.02. The Morgan fingerprint density at radius 3 is 2.36 bits per heavy atom. The highest BCUT2D eigenvalue weighted by Crippen LogP contribution is 2.54. The quantitative estimate of drug-likeness (QED) is 0.420. The van der Waals surface area contributed by atoms with Gasteiger partial charge >= 0.3 is 12.9 Å². The highest BCUT2D eigenvalue weighted by atomic mass is 35.7. The molecular formula is C19H20Cl2NO5P. The molecule has 0 heterocycles. The van der Waals surface area contributed by atoms with Crippen molar-refractivity contribution in [2.45, 2.75) is 37.8 Å². The zero-order valence-corrected chi connectivity index (χ0v) is 17.4. The lowest BCUT2D eigenvalue weighted by atomic mass is 10.00. The van der Waals surface area contributed by atoms with E-state index in [2.05, 4.69) is 5.48 Å².